The summed E-state index contributed by atoms with van der Waals surface area (Å²) in [4.78, 5) is 79.1. The first-order chi connectivity index (χ1) is 33.4. The van der Waals surface area contributed by atoms with Crippen molar-refractivity contribution in [3.8, 4) is 11.5 Å². The summed E-state index contributed by atoms with van der Waals surface area (Å²) < 4.78 is 11.6. The van der Waals surface area contributed by atoms with Crippen LogP contribution in [-0.2, 0) is 25.1 Å². The highest BCUT2D eigenvalue weighted by Crippen LogP contribution is 2.38. The highest BCUT2D eigenvalue weighted by atomic mass is 35.5. The van der Waals surface area contributed by atoms with Gasteiger partial charge in [-0.25, -0.2) is 0 Å². The fourth-order valence-electron chi connectivity index (χ4n) is 6.59. The number of Topliss-reactive ketones (excluding diaryl/α,β-unsaturated/α-hetero) is 2. The summed E-state index contributed by atoms with van der Waals surface area (Å²) in [7, 11) is 0. The highest BCUT2D eigenvalue weighted by Gasteiger charge is 2.27. The standard InChI is InChI=1S/C49H47Cl5N8O8/c1-7-69-44-33(25(3)51)11-9-13-38(44)57-46(65)29-15-18-35(53)40(22-29)59-61-42(27(5)63)48(67)55-32-17-20-37(31(21-32)24-50)56-49(68)43(28(6)64)62-60-41-23-30(16-19-36(41)54)47(66)58-39-14-10-12-34(26(4)52)45(39)70-8-2/h9-23,25-26,42-43H,7-8,24H2,1-6H3,(H,55,67)(H,56,68)(H,57,65)(H,58,66). The zero-order valence-corrected chi connectivity index (χ0v) is 42.3. The first-order valence-electron chi connectivity index (χ1n) is 21.5. The van der Waals surface area contributed by atoms with Gasteiger partial charge in [0.2, 0.25) is 12.1 Å². The van der Waals surface area contributed by atoms with Crippen molar-refractivity contribution in [2.24, 2.45) is 20.5 Å². The molecule has 4 N–H and O–H groups in total. The van der Waals surface area contributed by atoms with E-state index >= 15 is 0 Å². The van der Waals surface area contributed by atoms with E-state index in [1.165, 1.54) is 54.6 Å². The van der Waals surface area contributed by atoms with Gasteiger partial charge in [0.1, 0.15) is 22.9 Å². The summed E-state index contributed by atoms with van der Waals surface area (Å²) in [6, 6.07) is 19.9. The van der Waals surface area contributed by atoms with E-state index in [9.17, 15) is 28.8 Å². The molecule has 366 valence electrons. The van der Waals surface area contributed by atoms with Gasteiger partial charge in [-0.3, -0.25) is 28.8 Å². The maximum Gasteiger partial charge on any atom is 0.258 e. The van der Waals surface area contributed by atoms with Gasteiger partial charge in [0.15, 0.2) is 11.6 Å². The number of hydrogen-bond donors (Lipinski definition) is 4. The lowest BCUT2D eigenvalue weighted by atomic mass is 10.1. The van der Waals surface area contributed by atoms with Gasteiger partial charge in [-0.2, -0.15) is 20.5 Å². The molecule has 0 aromatic heterocycles. The quantitative estimate of drug-likeness (QED) is 0.0314. The van der Waals surface area contributed by atoms with Gasteiger partial charge in [-0.1, -0.05) is 47.5 Å². The van der Waals surface area contributed by atoms with E-state index in [4.69, 9.17) is 67.5 Å². The Labute approximate surface area is 428 Å². The van der Waals surface area contributed by atoms with E-state index in [0.29, 0.717) is 52.8 Å². The van der Waals surface area contributed by atoms with Gasteiger partial charge in [-0.05, 0) is 114 Å². The van der Waals surface area contributed by atoms with E-state index in [1.807, 2.05) is 13.8 Å². The number of nitrogens with one attached hydrogen (secondary N) is 4. The third kappa shape index (κ3) is 14.1. The van der Waals surface area contributed by atoms with Crippen LogP contribution < -0.4 is 30.7 Å². The number of benzene rings is 5. The number of nitrogens with zero attached hydrogens (tertiary/aromatic N) is 4. The molecule has 0 saturated heterocycles. The molecule has 4 unspecified atom stereocenters. The first kappa shape index (κ1) is 54.5. The molecule has 0 aliphatic rings. The smallest absolute Gasteiger partial charge is 0.258 e. The van der Waals surface area contributed by atoms with Crippen LogP contribution in [0.15, 0.2) is 111 Å². The van der Waals surface area contributed by atoms with Crippen LogP contribution in [0.25, 0.3) is 0 Å². The number of para-hydroxylation sites is 2. The average molecular weight is 1050 g/mol. The van der Waals surface area contributed by atoms with E-state index in [1.54, 1.807) is 50.2 Å². The monoisotopic (exact) mass is 1050 g/mol. The summed E-state index contributed by atoms with van der Waals surface area (Å²) in [6.45, 7) is 10.1. The molecule has 0 aliphatic carbocycles. The predicted molar refractivity (Wildman–Crippen MR) is 274 cm³/mol. The normalized spacial score (nSPS) is 13.0. The van der Waals surface area contributed by atoms with Crippen molar-refractivity contribution in [2.45, 2.75) is 70.3 Å². The summed E-state index contributed by atoms with van der Waals surface area (Å²) in [5.74, 6) is -3.44. The Morgan fingerprint density at radius 3 is 1.41 bits per heavy atom. The van der Waals surface area contributed by atoms with Crippen LogP contribution in [0.3, 0.4) is 0 Å². The van der Waals surface area contributed by atoms with Crippen molar-refractivity contribution in [3.05, 3.63) is 129 Å². The molecular formula is C49H47Cl5N8O8. The van der Waals surface area contributed by atoms with Crippen molar-refractivity contribution >= 4 is 127 Å². The van der Waals surface area contributed by atoms with Crippen molar-refractivity contribution < 1.29 is 38.2 Å². The van der Waals surface area contributed by atoms with Crippen LogP contribution in [0.4, 0.5) is 34.1 Å². The molecule has 4 amide bonds. The number of alkyl halides is 3. The zero-order valence-electron chi connectivity index (χ0n) is 38.5. The summed E-state index contributed by atoms with van der Waals surface area (Å²) in [6.07, 6.45) is 0. The lowest BCUT2D eigenvalue weighted by Crippen LogP contribution is -2.32. The Hall–Kier alpha value is -6.43. The number of carbonyl (C=O) groups is 6. The second-order valence-electron chi connectivity index (χ2n) is 15.2. The molecule has 0 spiro atoms. The molecule has 0 aliphatic heterocycles. The minimum absolute atomic E-state index is 0.00238. The molecule has 16 nitrogen and oxygen atoms in total. The number of anilines is 4. The Morgan fingerprint density at radius 2 is 1.01 bits per heavy atom. The van der Waals surface area contributed by atoms with Crippen LogP contribution in [0, 0.1) is 0 Å². The number of azo groups is 2. The lowest BCUT2D eigenvalue weighted by molar-refractivity contribution is -0.127. The van der Waals surface area contributed by atoms with Crippen molar-refractivity contribution in [1.82, 2.24) is 0 Å². The Kier molecular flexibility index (Phi) is 19.8. The van der Waals surface area contributed by atoms with E-state index in [0.717, 1.165) is 13.8 Å². The van der Waals surface area contributed by atoms with E-state index < -0.39 is 58.0 Å². The van der Waals surface area contributed by atoms with Crippen LogP contribution >= 0.6 is 58.0 Å². The molecule has 5 aromatic rings. The second kappa shape index (κ2) is 25.4. The van der Waals surface area contributed by atoms with E-state index in [2.05, 4.69) is 41.7 Å². The summed E-state index contributed by atoms with van der Waals surface area (Å²) in [5.41, 5.74) is 3.11. The van der Waals surface area contributed by atoms with Gasteiger partial charge in [-0.15, -0.1) is 34.8 Å². The largest absolute Gasteiger partial charge is 0.491 e. The maximum absolute atomic E-state index is 13.5. The molecular weight excluding hydrogens is 1010 g/mol. The number of rotatable bonds is 21. The third-order valence-corrected chi connectivity index (χ3v) is 11.4. The second-order valence-corrected chi connectivity index (χ2v) is 17.6. The number of halogens is 5. The Morgan fingerprint density at radius 1 is 0.571 bits per heavy atom. The minimum atomic E-state index is -1.65. The van der Waals surface area contributed by atoms with Crippen molar-refractivity contribution in [3.63, 3.8) is 0 Å². The summed E-state index contributed by atoms with van der Waals surface area (Å²) >= 11 is 31.7. The molecule has 70 heavy (non-hydrogen) atoms. The molecule has 4 atom stereocenters. The molecule has 5 aromatic carbocycles. The van der Waals surface area contributed by atoms with Crippen LogP contribution in [0.2, 0.25) is 10.0 Å². The van der Waals surface area contributed by atoms with Crippen LogP contribution in [0.5, 0.6) is 11.5 Å². The van der Waals surface area contributed by atoms with Crippen LogP contribution in [0.1, 0.15) is 89.7 Å². The number of ether oxygens (including phenoxy) is 2. The Balaban J connectivity index is 1.27. The van der Waals surface area contributed by atoms with Gasteiger partial charge in [0, 0.05) is 39.5 Å². The highest BCUT2D eigenvalue weighted by molar-refractivity contribution is 6.33. The molecule has 0 bridgehead atoms. The number of carbonyl (C=O) groups excluding carboxylic acids is 6. The lowest BCUT2D eigenvalue weighted by Gasteiger charge is -2.17. The zero-order chi connectivity index (χ0) is 51.2. The Bertz CT molecular complexity index is 2860. The topological polar surface area (TPSA) is 218 Å². The summed E-state index contributed by atoms with van der Waals surface area (Å²) in [5, 5.41) is 26.3. The van der Waals surface area contributed by atoms with Crippen molar-refractivity contribution in [1.29, 1.82) is 0 Å². The number of ketones is 2. The average Bonchev–Trinajstić information content (AvgIpc) is 3.31. The van der Waals surface area contributed by atoms with E-state index in [-0.39, 0.29) is 49.8 Å². The fraction of sp³-hybridized carbons (Fsp3) is 0.265. The molecule has 0 radical (unpaired) electrons. The van der Waals surface area contributed by atoms with Gasteiger partial charge in [0.25, 0.3) is 23.6 Å². The van der Waals surface area contributed by atoms with Crippen molar-refractivity contribution in [2.75, 3.05) is 34.5 Å². The molecule has 5 rings (SSSR count). The fourth-order valence-corrected chi connectivity index (χ4v) is 7.46. The molecule has 0 saturated carbocycles. The number of hydrogen-bond acceptors (Lipinski definition) is 12. The van der Waals surface area contributed by atoms with Gasteiger partial charge < -0.3 is 30.7 Å². The SMILES string of the molecule is CCOc1c(NC(=O)c2ccc(Cl)c(N=NC(C(C)=O)C(=O)Nc3ccc(NC(=O)C(N=Nc4cc(C(=O)Nc5cccc(C(C)Cl)c5OCC)ccc4Cl)C(C)=O)c(CCl)c3)c2)cccc1C(C)Cl. The molecule has 0 heterocycles. The maximum atomic E-state index is 13.5. The van der Waals surface area contributed by atoms with Crippen LogP contribution in [-0.4, -0.2) is 60.5 Å². The predicted octanol–water partition coefficient (Wildman–Crippen LogP) is 13.0. The molecule has 0 fully saturated rings. The molecule has 21 heteroatoms. The van der Waals surface area contributed by atoms with Gasteiger partial charge >= 0.3 is 0 Å². The minimum Gasteiger partial charge on any atom is -0.491 e. The first-order valence-corrected chi connectivity index (χ1v) is 23.7. The third-order valence-electron chi connectivity index (χ3n) is 10.0. The number of amides is 4. The van der Waals surface area contributed by atoms with Gasteiger partial charge in [0.05, 0.1) is 45.4 Å².